The lowest BCUT2D eigenvalue weighted by molar-refractivity contribution is 0.0312. The summed E-state index contributed by atoms with van der Waals surface area (Å²) in [6, 6.07) is 0. The van der Waals surface area contributed by atoms with Crippen LogP contribution in [0.25, 0.3) is 0 Å². The van der Waals surface area contributed by atoms with E-state index >= 15 is 0 Å². The Kier molecular flexibility index (Phi) is 3.66. The van der Waals surface area contributed by atoms with Crippen LogP contribution in [0.1, 0.15) is 19.3 Å². The first-order chi connectivity index (χ1) is 4.79. The minimum atomic E-state index is -1.22. The molecule has 2 atom stereocenters. The van der Waals surface area contributed by atoms with E-state index in [2.05, 4.69) is 0 Å². The van der Waals surface area contributed by atoms with Gasteiger partial charge in [-0.1, -0.05) is 0 Å². The van der Waals surface area contributed by atoms with Crippen molar-refractivity contribution in [2.45, 2.75) is 25.4 Å². The number of hydrogen-bond acceptors (Lipinski definition) is 2. The predicted molar refractivity (Wildman–Crippen MR) is 42.5 cm³/mol. The zero-order chi connectivity index (χ0) is 7.40. The first-order valence-electron chi connectivity index (χ1n) is 3.45. The first kappa shape index (κ1) is 8.50. The molecule has 60 valence electrons. The standard InChI is InChI=1S/C6H11ClO2S/c7-10(8)5-6-3-1-2-4-9-6/h6H,1-5H2. The van der Waals surface area contributed by atoms with Gasteiger partial charge in [0.2, 0.25) is 0 Å². The summed E-state index contributed by atoms with van der Waals surface area (Å²) in [5.41, 5.74) is 0. The molecule has 1 aliphatic rings. The Labute approximate surface area is 67.9 Å². The zero-order valence-electron chi connectivity index (χ0n) is 5.72. The Balaban J connectivity index is 2.19. The van der Waals surface area contributed by atoms with Crippen molar-refractivity contribution < 1.29 is 8.95 Å². The van der Waals surface area contributed by atoms with E-state index in [0.29, 0.717) is 5.75 Å². The van der Waals surface area contributed by atoms with Gasteiger partial charge < -0.3 is 4.74 Å². The monoisotopic (exact) mass is 182 g/mol. The van der Waals surface area contributed by atoms with Gasteiger partial charge in [-0.05, 0) is 29.9 Å². The average molecular weight is 183 g/mol. The van der Waals surface area contributed by atoms with Crippen molar-refractivity contribution in [3.63, 3.8) is 0 Å². The summed E-state index contributed by atoms with van der Waals surface area (Å²) >= 11 is 0. The van der Waals surface area contributed by atoms with Crippen molar-refractivity contribution in [1.29, 1.82) is 0 Å². The SMILES string of the molecule is O=S(Cl)CC1CCCCO1. The van der Waals surface area contributed by atoms with E-state index in [1.807, 2.05) is 0 Å². The summed E-state index contributed by atoms with van der Waals surface area (Å²) in [5, 5.41) is 0. The summed E-state index contributed by atoms with van der Waals surface area (Å²) in [7, 11) is 4.09. The Morgan fingerprint density at radius 2 is 2.40 bits per heavy atom. The van der Waals surface area contributed by atoms with Crippen molar-refractivity contribution in [2.24, 2.45) is 0 Å². The normalized spacial score (nSPS) is 29.9. The Bertz CT molecular complexity index is 123. The lowest BCUT2D eigenvalue weighted by Gasteiger charge is -2.20. The van der Waals surface area contributed by atoms with E-state index in [-0.39, 0.29) is 6.10 Å². The lowest BCUT2D eigenvalue weighted by atomic mass is 10.1. The third kappa shape index (κ3) is 2.99. The topological polar surface area (TPSA) is 26.3 Å². The molecule has 0 aliphatic carbocycles. The third-order valence-electron chi connectivity index (χ3n) is 1.59. The molecule has 1 heterocycles. The molecule has 10 heavy (non-hydrogen) atoms. The van der Waals surface area contributed by atoms with E-state index in [1.54, 1.807) is 0 Å². The molecule has 0 radical (unpaired) electrons. The maximum absolute atomic E-state index is 10.5. The van der Waals surface area contributed by atoms with Crippen LogP contribution in [0.5, 0.6) is 0 Å². The maximum Gasteiger partial charge on any atom is 0.117 e. The van der Waals surface area contributed by atoms with Gasteiger partial charge in [0.05, 0.1) is 11.9 Å². The van der Waals surface area contributed by atoms with Crippen molar-refractivity contribution in [3.05, 3.63) is 0 Å². The molecule has 0 amide bonds. The van der Waals surface area contributed by atoms with Gasteiger partial charge in [0.1, 0.15) is 10.0 Å². The quantitative estimate of drug-likeness (QED) is 0.605. The molecule has 0 aromatic heterocycles. The maximum atomic E-state index is 10.5. The van der Waals surface area contributed by atoms with Crippen LogP contribution in [0.2, 0.25) is 0 Å². The van der Waals surface area contributed by atoms with Gasteiger partial charge in [0.15, 0.2) is 0 Å². The van der Waals surface area contributed by atoms with Crippen LogP contribution in [0.4, 0.5) is 0 Å². The molecule has 1 saturated heterocycles. The van der Waals surface area contributed by atoms with Crippen molar-refractivity contribution in [3.8, 4) is 0 Å². The average Bonchev–Trinajstić information content (AvgIpc) is 1.88. The summed E-state index contributed by atoms with van der Waals surface area (Å²) in [5.74, 6) is 0.488. The highest BCUT2D eigenvalue weighted by molar-refractivity contribution is 8.08. The molecular weight excluding hydrogens is 172 g/mol. The van der Waals surface area contributed by atoms with Crippen molar-refractivity contribution in [2.75, 3.05) is 12.4 Å². The van der Waals surface area contributed by atoms with Crippen molar-refractivity contribution in [1.82, 2.24) is 0 Å². The first-order valence-corrected chi connectivity index (χ1v) is 5.60. The van der Waals surface area contributed by atoms with Gasteiger partial charge in [-0.3, -0.25) is 0 Å². The molecule has 0 bridgehead atoms. The van der Waals surface area contributed by atoms with Crippen LogP contribution in [0.3, 0.4) is 0 Å². The molecule has 1 rings (SSSR count). The van der Waals surface area contributed by atoms with Crippen LogP contribution >= 0.6 is 10.7 Å². The van der Waals surface area contributed by atoms with E-state index < -0.39 is 10.0 Å². The van der Waals surface area contributed by atoms with Gasteiger partial charge in [0.25, 0.3) is 0 Å². The fraction of sp³-hybridized carbons (Fsp3) is 1.00. The molecule has 0 spiro atoms. The zero-order valence-corrected chi connectivity index (χ0v) is 7.29. The Morgan fingerprint density at radius 3 is 2.90 bits per heavy atom. The van der Waals surface area contributed by atoms with Crippen molar-refractivity contribution >= 4 is 20.7 Å². The van der Waals surface area contributed by atoms with Crippen LogP contribution in [-0.2, 0) is 14.7 Å². The highest BCUT2D eigenvalue weighted by Crippen LogP contribution is 2.13. The Hall–Kier alpha value is 0.400. The number of halogens is 1. The molecule has 4 heteroatoms. The molecule has 2 nitrogen and oxygen atoms in total. The molecule has 2 unspecified atom stereocenters. The molecule has 0 N–H and O–H groups in total. The predicted octanol–water partition coefficient (Wildman–Crippen LogP) is 1.46. The van der Waals surface area contributed by atoms with Gasteiger partial charge in [-0.15, -0.1) is 0 Å². The summed E-state index contributed by atoms with van der Waals surface area (Å²) in [6.45, 7) is 0.804. The Morgan fingerprint density at radius 1 is 1.60 bits per heavy atom. The highest BCUT2D eigenvalue weighted by atomic mass is 35.7. The van der Waals surface area contributed by atoms with E-state index in [9.17, 15) is 4.21 Å². The van der Waals surface area contributed by atoms with E-state index in [4.69, 9.17) is 15.4 Å². The summed E-state index contributed by atoms with van der Waals surface area (Å²) in [6.07, 6.45) is 3.47. The molecule has 0 aromatic carbocycles. The second-order valence-electron chi connectivity index (χ2n) is 2.45. The van der Waals surface area contributed by atoms with Crippen LogP contribution in [0, 0.1) is 0 Å². The minimum absolute atomic E-state index is 0.145. The summed E-state index contributed by atoms with van der Waals surface area (Å²) in [4.78, 5) is 0. The number of hydrogen-bond donors (Lipinski definition) is 0. The fourth-order valence-electron chi connectivity index (χ4n) is 1.09. The van der Waals surface area contributed by atoms with Gasteiger partial charge in [-0.25, -0.2) is 4.21 Å². The van der Waals surface area contributed by atoms with E-state index in [1.165, 1.54) is 6.42 Å². The number of rotatable bonds is 2. The largest absolute Gasteiger partial charge is 0.377 e. The second kappa shape index (κ2) is 4.31. The minimum Gasteiger partial charge on any atom is -0.377 e. The number of ether oxygens (including phenoxy) is 1. The summed E-state index contributed by atoms with van der Waals surface area (Å²) < 4.78 is 15.8. The van der Waals surface area contributed by atoms with Gasteiger partial charge >= 0.3 is 0 Å². The molecule has 1 aliphatic heterocycles. The molecule has 0 aromatic rings. The molecule has 0 saturated carbocycles. The fourth-order valence-corrected chi connectivity index (χ4v) is 2.06. The van der Waals surface area contributed by atoms with Gasteiger partial charge in [-0.2, -0.15) is 0 Å². The molecule has 1 fully saturated rings. The molecular formula is C6H11ClO2S. The lowest BCUT2D eigenvalue weighted by Crippen LogP contribution is -2.23. The smallest absolute Gasteiger partial charge is 0.117 e. The van der Waals surface area contributed by atoms with Crippen LogP contribution in [0.15, 0.2) is 0 Å². The van der Waals surface area contributed by atoms with Gasteiger partial charge in [0, 0.05) is 6.61 Å². The third-order valence-corrected chi connectivity index (χ3v) is 2.60. The van der Waals surface area contributed by atoms with E-state index in [0.717, 1.165) is 19.4 Å². The second-order valence-corrected chi connectivity index (χ2v) is 4.39. The van der Waals surface area contributed by atoms with Crippen LogP contribution in [-0.4, -0.2) is 22.7 Å². The van der Waals surface area contributed by atoms with Crippen LogP contribution < -0.4 is 0 Å². The highest BCUT2D eigenvalue weighted by Gasteiger charge is 2.15.